The van der Waals surface area contributed by atoms with E-state index < -0.39 is 11.8 Å². The minimum Gasteiger partial charge on any atom is -0.460 e. The van der Waals surface area contributed by atoms with Gasteiger partial charge in [0.05, 0.1) is 21.3 Å². The average Bonchev–Trinajstić information content (AvgIpc) is 3.36. The molecule has 2 N–H and O–H groups in total. The van der Waals surface area contributed by atoms with Crippen molar-refractivity contribution >= 4 is 40.6 Å². The highest BCUT2D eigenvalue weighted by molar-refractivity contribution is 7.17. The number of amidine groups is 1. The smallest absolute Gasteiger partial charge is 0.341 e. The van der Waals surface area contributed by atoms with Crippen LogP contribution < -0.4 is 5.32 Å². The topological polar surface area (TPSA) is 82.5 Å². The van der Waals surface area contributed by atoms with Gasteiger partial charge in [-0.25, -0.2) is 9.18 Å². The molecule has 0 unspecified atom stereocenters. The molecule has 1 aromatic carbocycles. The largest absolute Gasteiger partial charge is 0.460 e. The number of rotatable bonds is 6. The summed E-state index contributed by atoms with van der Waals surface area (Å²) in [5, 5.41) is 10.7. The Hall–Kier alpha value is -2.71. The third-order valence-electron chi connectivity index (χ3n) is 4.01. The third kappa shape index (κ3) is 4.76. The van der Waals surface area contributed by atoms with Gasteiger partial charge >= 0.3 is 5.97 Å². The van der Waals surface area contributed by atoms with E-state index >= 15 is 0 Å². The van der Waals surface area contributed by atoms with Crippen molar-refractivity contribution in [2.75, 3.05) is 26.2 Å². The maximum Gasteiger partial charge on any atom is 0.341 e. The lowest BCUT2D eigenvalue weighted by Crippen LogP contribution is -2.28. The van der Waals surface area contributed by atoms with Gasteiger partial charge in [0.1, 0.15) is 18.3 Å². The van der Waals surface area contributed by atoms with Crippen LogP contribution in [0.5, 0.6) is 0 Å². The lowest BCUT2D eigenvalue weighted by molar-refractivity contribution is 0.0498. The van der Waals surface area contributed by atoms with Crippen molar-refractivity contribution in [3.8, 4) is 0 Å². The second-order valence-corrected chi connectivity index (χ2v) is 7.63. The van der Waals surface area contributed by atoms with E-state index in [-0.39, 0.29) is 30.5 Å². The molecule has 1 aliphatic heterocycles. The summed E-state index contributed by atoms with van der Waals surface area (Å²) in [5.41, 5.74) is 0.173. The SMILES string of the molecule is N=C(c1ccc(C(=O)OCCNC(=O)c2ccc(Cl)s2)c(F)c1)N1CC=CC1. The summed E-state index contributed by atoms with van der Waals surface area (Å²) in [7, 11) is 0. The normalized spacial score (nSPS) is 12.9. The molecule has 3 rings (SSSR count). The predicted octanol–water partition coefficient (Wildman–Crippen LogP) is 3.32. The minimum absolute atomic E-state index is 0.0897. The molecule has 28 heavy (non-hydrogen) atoms. The number of amides is 1. The number of ether oxygens (including phenoxy) is 1. The molecule has 1 amide bonds. The third-order valence-corrected chi connectivity index (χ3v) is 5.24. The zero-order valence-electron chi connectivity index (χ0n) is 14.7. The van der Waals surface area contributed by atoms with Crippen molar-refractivity contribution in [2.45, 2.75) is 0 Å². The van der Waals surface area contributed by atoms with E-state index in [9.17, 15) is 14.0 Å². The number of hydrogen-bond donors (Lipinski definition) is 2. The van der Waals surface area contributed by atoms with Gasteiger partial charge in [-0.2, -0.15) is 0 Å². The molecular weight excluding hydrogens is 405 g/mol. The fraction of sp³-hybridized carbons (Fsp3) is 0.211. The molecule has 1 aliphatic rings. The predicted molar refractivity (Wildman–Crippen MR) is 106 cm³/mol. The molecule has 0 aliphatic carbocycles. The van der Waals surface area contributed by atoms with Crippen LogP contribution in [-0.4, -0.2) is 48.9 Å². The fourth-order valence-electron chi connectivity index (χ4n) is 2.58. The lowest BCUT2D eigenvalue weighted by atomic mass is 10.1. The minimum atomic E-state index is -0.827. The molecule has 0 spiro atoms. The standard InChI is InChI=1S/C19H17ClFN3O3S/c20-16-6-5-15(28-16)18(25)23-7-10-27-19(26)13-4-3-12(11-14(13)21)17(22)24-8-1-2-9-24/h1-6,11,22H,7-10H2,(H,23,25). The Labute approximate surface area is 170 Å². The van der Waals surface area contributed by atoms with Crippen molar-refractivity contribution in [3.63, 3.8) is 0 Å². The lowest BCUT2D eigenvalue weighted by Gasteiger charge is -2.18. The van der Waals surface area contributed by atoms with Crippen LogP contribution in [0.4, 0.5) is 4.39 Å². The fourth-order valence-corrected chi connectivity index (χ4v) is 3.54. The van der Waals surface area contributed by atoms with Crippen LogP contribution in [-0.2, 0) is 4.74 Å². The number of nitrogens with zero attached hydrogens (tertiary/aromatic N) is 1. The van der Waals surface area contributed by atoms with Crippen molar-refractivity contribution in [3.05, 3.63) is 68.6 Å². The Morgan fingerprint density at radius 2 is 2.00 bits per heavy atom. The number of benzene rings is 1. The number of nitrogens with one attached hydrogen (secondary N) is 2. The molecule has 0 saturated carbocycles. The molecule has 146 valence electrons. The van der Waals surface area contributed by atoms with E-state index in [0.29, 0.717) is 27.9 Å². The summed E-state index contributed by atoms with van der Waals surface area (Å²) in [5.74, 6) is -1.71. The zero-order valence-corrected chi connectivity index (χ0v) is 16.3. The second-order valence-electron chi connectivity index (χ2n) is 5.92. The molecule has 9 heteroatoms. The van der Waals surface area contributed by atoms with Gasteiger partial charge in [0.2, 0.25) is 0 Å². The summed E-state index contributed by atoms with van der Waals surface area (Å²) in [6, 6.07) is 7.19. The zero-order chi connectivity index (χ0) is 20.1. The Kier molecular flexibility index (Phi) is 6.43. The maximum atomic E-state index is 14.3. The molecule has 6 nitrogen and oxygen atoms in total. The van der Waals surface area contributed by atoms with Crippen LogP contribution in [0.15, 0.2) is 42.5 Å². The van der Waals surface area contributed by atoms with Crippen molar-refractivity contribution in [1.82, 2.24) is 10.2 Å². The molecule has 1 aromatic heterocycles. The first-order valence-electron chi connectivity index (χ1n) is 8.45. The van der Waals surface area contributed by atoms with E-state index in [0.717, 1.165) is 17.4 Å². The highest BCUT2D eigenvalue weighted by Crippen LogP contribution is 2.21. The first-order valence-corrected chi connectivity index (χ1v) is 9.64. The number of esters is 1. The van der Waals surface area contributed by atoms with E-state index in [1.807, 2.05) is 12.2 Å². The van der Waals surface area contributed by atoms with Crippen LogP contribution >= 0.6 is 22.9 Å². The van der Waals surface area contributed by atoms with Crippen molar-refractivity contribution < 1.29 is 18.7 Å². The monoisotopic (exact) mass is 421 g/mol. The summed E-state index contributed by atoms with van der Waals surface area (Å²) < 4.78 is 19.8. The molecule has 0 radical (unpaired) electrons. The summed E-state index contributed by atoms with van der Waals surface area (Å²) in [6.07, 6.45) is 3.87. The molecule has 0 saturated heterocycles. The second kappa shape index (κ2) is 8.99. The Balaban J connectivity index is 1.50. The van der Waals surface area contributed by atoms with Crippen LogP contribution in [0.2, 0.25) is 4.34 Å². The van der Waals surface area contributed by atoms with Gasteiger partial charge in [0.25, 0.3) is 5.91 Å². The number of thiophene rings is 1. The highest BCUT2D eigenvalue weighted by atomic mass is 35.5. The van der Waals surface area contributed by atoms with Crippen molar-refractivity contribution in [2.24, 2.45) is 0 Å². The molecule has 2 heterocycles. The number of carbonyl (C=O) groups excluding carboxylic acids is 2. The van der Waals surface area contributed by atoms with Gasteiger partial charge in [0.15, 0.2) is 0 Å². The highest BCUT2D eigenvalue weighted by Gasteiger charge is 2.18. The first kappa shape index (κ1) is 20.0. The number of carbonyl (C=O) groups is 2. The van der Waals surface area contributed by atoms with Gasteiger partial charge in [-0.15, -0.1) is 11.3 Å². The number of hydrogen-bond acceptors (Lipinski definition) is 5. The van der Waals surface area contributed by atoms with Crippen LogP contribution in [0.3, 0.4) is 0 Å². The van der Waals surface area contributed by atoms with E-state index in [1.165, 1.54) is 12.1 Å². The van der Waals surface area contributed by atoms with E-state index in [2.05, 4.69) is 5.32 Å². The Morgan fingerprint density at radius 1 is 1.25 bits per heavy atom. The molecule has 0 atom stereocenters. The summed E-state index contributed by atoms with van der Waals surface area (Å²) in [6.45, 7) is 1.20. The van der Waals surface area contributed by atoms with Gasteiger partial charge in [-0.05, 0) is 24.3 Å². The number of halogens is 2. The maximum absolute atomic E-state index is 14.3. The van der Waals surface area contributed by atoms with E-state index in [1.54, 1.807) is 17.0 Å². The average molecular weight is 422 g/mol. The molecular formula is C19H17ClFN3O3S. The van der Waals surface area contributed by atoms with Crippen LogP contribution in [0, 0.1) is 11.2 Å². The first-order chi connectivity index (χ1) is 13.5. The molecule has 0 fully saturated rings. The summed E-state index contributed by atoms with van der Waals surface area (Å²) in [4.78, 5) is 26.1. The van der Waals surface area contributed by atoms with Crippen molar-refractivity contribution in [1.29, 1.82) is 5.41 Å². The van der Waals surface area contributed by atoms with Gasteiger partial charge in [-0.3, -0.25) is 10.2 Å². The van der Waals surface area contributed by atoms with Gasteiger partial charge in [0, 0.05) is 18.7 Å². The van der Waals surface area contributed by atoms with Crippen LogP contribution in [0.25, 0.3) is 0 Å². The van der Waals surface area contributed by atoms with Crippen LogP contribution in [0.1, 0.15) is 25.6 Å². The Morgan fingerprint density at radius 3 is 2.64 bits per heavy atom. The quantitative estimate of drug-likeness (QED) is 0.246. The van der Waals surface area contributed by atoms with Gasteiger partial charge < -0.3 is 15.0 Å². The van der Waals surface area contributed by atoms with Gasteiger partial charge in [-0.1, -0.05) is 29.8 Å². The van der Waals surface area contributed by atoms with E-state index in [4.69, 9.17) is 21.7 Å². The molecule has 0 bridgehead atoms. The summed E-state index contributed by atoms with van der Waals surface area (Å²) >= 11 is 6.92. The molecule has 2 aromatic rings. The Bertz CT molecular complexity index is 936.